The van der Waals surface area contributed by atoms with E-state index in [0.717, 1.165) is 22.3 Å². The van der Waals surface area contributed by atoms with Gasteiger partial charge in [-0.3, -0.25) is 9.00 Å². The minimum absolute atomic E-state index is 0.0355. The number of hydrogen-bond acceptors (Lipinski definition) is 2. The molecule has 0 aliphatic carbocycles. The summed E-state index contributed by atoms with van der Waals surface area (Å²) in [6.45, 7) is 7.86. The number of carbonyl (C=O) groups excluding carboxylic acids is 1. The highest BCUT2D eigenvalue weighted by Crippen LogP contribution is 2.18. The van der Waals surface area contributed by atoms with E-state index in [1.54, 1.807) is 0 Å². The number of aryl methyl sites for hydroxylation is 4. The summed E-state index contributed by atoms with van der Waals surface area (Å²) in [6, 6.07) is 11.5. The van der Waals surface area contributed by atoms with Crippen molar-refractivity contribution in [3.8, 4) is 0 Å². The third-order valence-electron chi connectivity index (χ3n) is 3.50. The molecule has 110 valence electrons. The van der Waals surface area contributed by atoms with E-state index >= 15 is 0 Å². The average Bonchev–Trinajstić information content (AvgIpc) is 2.37. The molecule has 1 atom stereocenters. The van der Waals surface area contributed by atoms with Gasteiger partial charge in [-0.2, -0.15) is 0 Å². The van der Waals surface area contributed by atoms with Gasteiger partial charge in [-0.25, -0.2) is 0 Å². The molecule has 0 heterocycles. The van der Waals surface area contributed by atoms with Gasteiger partial charge in [-0.05, 0) is 51.0 Å². The lowest BCUT2D eigenvalue weighted by atomic mass is 9.97. The highest BCUT2D eigenvalue weighted by Gasteiger charge is 2.16. The van der Waals surface area contributed by atoms with Crippen LogP contribution in [0.25, 0.3) is 0 Å². The van der Waals surface area contributed by atoms with Crippen molar-refractivity contribution in [2.75, 3.05) is 5.75 Å². The zero-order chi connectivity index (χ0) is 15.6. The molecule has 0 aliphatic rings. The topological polar surface area (TPSA) is 34.1 Å². The molecule has 0 amide bonds. The van der Waals surface area contributed by atoms with Crippen LogP contribution >= 0.6 is 0 Å². The molecule has 21 heavy (non-hydrogen) atoms. The van der Waals surface area contributed by atoms with Gasteiger partial charge in [0.25, 0.3) is 0 Å². The molecule has 0 N–H and O–H groups in total. The molecule has 2 aromatic carbocycles. The minimum atomic E-state index is -1.29. The van der Waals surface area contributed by atoms with Gasteiger partial charge in [0.15, 0.2) is 5.78 Å². The Labute approximate surface area is 128 Å². The van der Waals surface area contributed by atoms with Gasteiger partial charge in [0.1, 0.15) is 0 Å². The maximum Gasteiger partial charge on any atom is 0.176 e. The van der Waals surface area contributed by atoms with Crippen LogP contribution in [0.15, 0.2) is 41.3 Å². The van der Waals surface area contributed by atoms with Gasteiger partial charge in [-0.15, -0.1) is 0 Å². The molecule has 1 unspecified atom stereocenters. The molecule has 0 spiro atoms. The molecular formula is C18H20O2S. The second-order valence-electron chi connectivity index (χ2n) is 5.50. The van der Waals surface area contributed by atoms with Crippen molar-refractivity contribution < 1.29 is 9.00 Å². The van der Waals surface area contributed by atoms with Gasteiger partial charge in [0.05, 0.1) is 16.6 Å². The Morgan fingerprint density at radius 1 is 0.905 bits per heavy atom. The first kappa shape index (κ1) is 15.6. The molecule has 0 aromatic heterocycles. The fourth-order valence-electron chi connectivity index (χ4n) is 2.58. The Hall–Kier alpha value is -1.74. The summed E-state index contributed by atoms with van der Waals surface area (Å²) >= 11 is 0. The second-order valence-corrected chi connectivity index (χ2v) is 6.95. The molecule has 2 nitrogen and oxygen atoms in total. The van der Waals surface area contributed by atoms with Crippen LogP contribution < -0.4 is 0 Å². The van der Waals surface area contributed by atoms with Crippen LogP contribution in [0.4, 0.5) is 0 Å². The molecule has 0 bridgehead atoms. The largest absolute Gasteiger partial charge is 0.293 e. The van der Waals surface area contributed by atoms with Crippen molar-refractivity contribution in [3.63, 3.8) is 0 Å². The van der Waals surface area contributed by atoms with E-state index in [9.17, 15) is 9.00 Å². The van der Waals surface area contributed by atoms with E-state index in [2.05, 4.69) is 0 Å². The number of Topliss-reactive ketones (excluding diaryl/α,β-unsaturated/α-hetero) is 1. The summed E-state index contributed by atoms with van der Waals surface area (Å²) in [6.07, 6.45) is 0. The Morgan fingerprint density at radius 2 is 1.43 bits per heavy atom. The number of carbonyl (C=O) groups is 1. The summed E-state index contributed by atoms with van der Waals surface area (Å²) in [5, 5.41) is 0. The fraction of sp³-hybridized carbons (Fsp3) is 0.278. The maximum absolute atomic E-state index is 12.5. The lowest BCUT2D eigenvalue weighted by Gasteiger charge is -2.10. The summed E-state index contributed by atoms with van der Waals surface area (Å²) in [4.78, 5) is 13.2. The van der Waals surface area contributed by atoms with Gasteiger partial charge in [0.2, 0.25) is 0 Å². The van der Waals surface area contributed by atoms with Crippen molar-refractivity contribution in [2.45, 2.75) is 32.6 Å². The second kappa shape index (κ2) is 6.35. The van der Waals surface area contributed by atoms with Crippen molar-refractivity contribution in [1.82, 2.24) is 0 Å². The number of benzene rings is 2. The van der Waals surface area contributed by atoms with Crippen molar-refractivity contribution in [1.29, 1.82) is 0 Å². The van der Waals surface area contributed by atoms with E-state index in [1.807, 2.05) is 64.1 Å². The first-order valence-electron chi connectivity index (χ1n) is 6.94. The standard InChI is InChI=1S/C18H20O2S/c1-12-5-7-16(8-6-12)21(20)11-17(19)18-14(3)9-13(2)10-15(18)4/h5-10H,11H2,1-4H3. The summed E-state index contributed by atoms with van der Waals surface area (Å²) in [5.74, 6) is -0.0164. The van der Waals surface area contributed by atoms with Crippen molar-refractivity contribution in [2.24, 2.45) is 0 Å². The van der Waals surface area contributed by atoms with E-state index in [4.69, 9.17) is 0 Å². The normalized spacial score (nSPS) is 12.2. The minimum Gasteiger partial charge on any atom is -0.293 e. The van der Waals surface area contributed by atoms with E-state index in [1.165, 1.54) is 0 Å². The number of rotatable bonds is 4. The molecule has 3 heteroatoms. The smallest absolute Gasteiger partial charge is 0.176 e. The van der Waals surface area contributed by atoms with Gasteiger partial charge < -0.3 is 0 Å². The first-order valence-corrected chi connectivity index (χ1v) is 8.26. The Bertz CT molecular complexity index is 677. The predicted molar refractivity (Wildman–Crippen MR) is 87.4 cm³/mol. The number of hydrogen-bond donors (Lipinski definition) is 0. The molecular weight excluding hydrogens is 280 g/mol. The van der Waals surface area contributed by atoms with Crippen LogP contribution in [0.5, 0.6) is 0 Å². The van der Waals surface area contributed by atoms with Crippen molar-refractivity contribution in [3.05, 3.63) is 64.2 Å². The Kier molecular flexibility index (Phi) is 4.73. The average molecular weight is 300 g/mol. The van der Waals surface area contributed by atoms with Crippen molar-refractivity contribution >= 4 is 16.6 Å². The third kappa shape index (κ3) is 3.67. The lowest BCUT2D eigenvalue weighted by Crippen LogP contribution is -2.14. The van der Waals surface area contributed by atoms with Gasteiger partial charge in [-0.1, -0.05) is 35.4 Å². The van der Waals surface area contributed by atoms with E-state index in [0.29, 0.717) is 10.5 Å². The van der Waals surface area contributed by atoms with Crippen LogP contribution in [0.1, 0.15) is 32.6 Å². The van der Waals surface area contributed by atoms with Crippen LogP contribution in [0.3, 0.4) is 0 Å². The van der Waals surface area contributed by atoms with Gasteiger partial charge >= 0.3 is 0 Å². The van der Waals surface area contributed by atoms with Crippen LogP contribution in [0, 0.1) is 27.7 Å². The molecule has 2 aromatic rings. The molecule has 0 saturated carbocycles. The zero-order valence-electron chi connectivity index (χ0n) is 12.9. The summed E-state index contributed by atoms with van der Waals surface area (Å²) in [7, 11) is -1.29. The van der Waals surface area contributed by atoms with Crippen LogP contribution in [-0.2, 0) is 10.8 Å². The molecule has 0 radical (unpaired) electrons. The predicted octanol–water partition coefficient (Wildman–Crippen LogP) is 3.91. The first-order chi connectivity index (χ1) is 9.88. The fourth-order valence-corrected chi connectivity index (χ4v) is 3.57. The highest BCUT2D eigenvalue weighted by molar-refractivity contribution is 7.85. The third-order valence-corrected chi connectivity index (χ3v) is 4.82. The van der Waals surface area contributed by atoms with Crippen LogP contribution in [0.2, 0.25) is 0 Å². The monoisotopic (exact) mass is 300 g/mol. The molecule has 0 fully saturated rings. The highest BCUT2D eigenvalue weighted by atomic mass is 32.2. The number of ketones is 1. The van der Waals surface area contributed by atoms with Crippen LogP contribution in [-0.4, -0.2) is 15.7 Å². The maximum atomic E-state index is 12.5. The summed E-state index contributed by atoms with van der Waals surface area (Å²) in [5.41, 5.74) is 4.88. The quantitative estimate of drug-likeness (QED) is 0.802. The van der Waals surface area contributed by atoms with E-state index < -0.39 is 10.8 Å². The SMILES string of the molecule is Cc1ccc(S(=O)CC(=O)c2c(C)cc(C)cc2C)cc1. The molecule has 0 saturated heterocycles. The van der Waals surface area contributed by atoms with Gasteiger partial charge in [0, 0.05) is 10.5 Å². The molecule has 2 rings (SSSR count). The summed E-state index contributed by atoms with van der Waals surface area (Å²) < 4.78 is 12.3. The lowest BCUT2D eigenvalue weighted by molar-refractivity contribution is 0.102. The zero-order valence-corrected chi connectivity index (χ0v) is 13.7. The molecule has 0 aliphatic heterocycles. The Morgan fingerprint density at radius 3 is 1.95 bits per heavy atom. The Balaban J connectivity index is 2.22. The van der Waals surface area contributed by atoms with E-state index in [-0.39, 0.29) is 11.5 Å².